The second kappa shape index (κ2) is 12.4. The van der Waals surface area contributed by atoms with Crippen molar-refractivity contribution in [2.45, 2.75) is 122 Å². The average molecular weight is 584 g/mol. The molecule has 0 radical (unpaired) electrons. The smallest absolute Gasteiger partial charge is 0.410 e. The predicted octanol–water partition coefficient (Wildman–Crippen LogP) is 5.12. The lowest BCUT2D eigenvalue weighted by atomic mass is 9.73. The van der Waals surface area contributed by atoms with Crippen LogP contribution in [0.25, 0.3) is 0 Å². The number of ether oxygens (including phenoxy) is 1. The lowest BCUT2D eigenvalue weighted by Gasteiger charge is -2.55. The van der Waals surface area contributed by atoms with Crippen molar-refractivity contribution in [3.63, 3.8) is 0 Å². The predicted molar refractivity (Wildman–Crippen MR) is 162 cm³/mol. The van der Waals surface area contributed by atoms with Crippen LogP contribution in [0.3, 0.4) is 0 Å². The number of piperidine rings is 2. The van der Waals surface area contributed by atoms with Gasteiger partial charge in [0.25, 0.3) is 5.91 Å². The van der Waals surface area contributed by atoms with Gasteiger partial charge in [-0.25, -0.2) is 14.8 Å². The van der Waals surface area contributed by atoms with E-state index in [0.29, 0.717) is 17.4 Å². The molecule has 1 N–H and O–H groups in total. The topological polar surface area (TPSA) is 99.1 Å². The van der Waals surface area contributed by atoms with Gasteiger partial charge in [0.05, 0.1) is 22.6 Å². The molecule has 0 aromatic carbocycles. The summed E-state index contributed by atoms with van der Waals surface area (Å²) in [7, 11) is 0. The fourth-order valence-corrected chi connectivity index (χ4v) is 8.08. The Kier molecular flexibility index (Phi) is 9.19. The van der Waals surface area contributed by atoms with Gasteiger partial charge < -0.3 is 19.6 Å². The molecular weight excluding hydrogens is 530 g/mol. The maximum absolute atomic E-state index is 13.4. The van der Waals surface area contributed by atoms with Gasteiger partial charge in [-0.2, -0.15) is 0 Å². The standard InChI is InChI=1S/C33H53N5O4/c1-6-7-8-27-22-37(21-26-9-11-32(5,41)12-10-26)30(40)42-33(27)15-19-38(20-16-33)31(4)13-17-36(18-14-31)29(39)28-24(2)34-23-35-25(28)3/h23,26-27,41H,6-22H2,1-5H3. The van der Waals surface area contributed by atoms with Crippen LogP contribution in [0, 0.1) is 25.7 Å². The molecule has 1 unspecified atom stereocenters. The van der Waals surface area contributed by atoms with E-state index in [-0.39, 0.29) is 23.1 Å². The second-order valence-electron chi connectivity index (χ2n) is 14.3. The summed E-state index contributed by atoms with van der Waals surface area (Å²) in [5.74, 6) is 0.845. The van der Waals surface area contributed by atoms with Gasteiger partial charge in [-0.15, -0.1) is 0 Å². The zero-order valence-corrected chi connectivity index (χ0v) is 26.7. The minimum atomic E-state index is -0.557. The van der Waals surface area contributed by atoms with Crippen LogP contribution in [-0.2, 0) is 4.74 Å². The number of aliphatic hydroxyl groups is 1. The Hall–Kier alpha value is -2.26. The first-order chi connectivity index (χ1) is 20.0. The van der Waals surface area contributed by atoms with Crippen LogP contribution in [0.5, 0.6) is 0 Å². The quantitative estimate of drug-likeness (QED) is 0.476. The van der Waals surface area contributed by atoms with Gasteiger partial charge in [-0.05, 0) is 78.6 Å². The van der Waals surface area contributed by atoms with Crippen molar-refractivity contribution >= 4 is 12.0 Å². The molecule has 1 atom stereocenters. The SMILES string of the molecule is CCCCC1CN(CC2CCC(C)(O)CC2)C(=O)OC12CCN(C1(C)CCN(C(=O)c3c(C)ncnc3C)CC1)CC2. The Bertz CT molecular complexity index is 1090. The number of rotatable bonds is 7. The van der Waals surface area contributed by atoms with Gasteiger partial charge in [-0.3, -0.25) is 9.69 Å². The van der Waals surface area contributed by atoms with Crippen LogP contribution in [-0.4, -0.2) is 97.8 Å². The van der Waals surface area contributed by atoms with Crippen LogP contribution in [0.1, 0.15) is 113 Å². The van der Waals surface area contributed by atoms with E-state index in [1.165, 1.54) is 6.33 Å². The monoisotopic (exact) mass is 583 g/mol. The van der Waals surface area contributed by atoms with E-state index in [0.717, 1.165) is 121 Å². The van der Waals surface area contributed by atoms with E-state index in [4.69, 9.17) is 4.74 Å². The third-order valence-corrected chi connectivity index (χ3v) is 11.2. The molecule has 1 saturated carbocycles. The zero-order chi connectivity index (χ0) is 30.1. The molecule has 1 aromatic rings. The molecule has 234 valence electrons. The second-order valence-corrected chi connectivity index (χ2v) is 14.3. The molecule has 1 spiro atoms. The summed E-state index contributed by atoms with van der Waals surface area (Å²) in [5, 5.41) is 10.4. The largest absolute Gasteiger partial charge is 0.442 e. The minimum Gasteiger partial charge on any atom is -0.442 e. The van der Waals surface area contributed by atoms with Gasteiger partial charge in [0, 0.05) is 63.6 Å². The number of aryl methyl sites for hydroxylation is 2. The van der Waals surface area contributed by atoms with E-state index >= 15 is 0 Å². The van der Waals surface area contributed by atoms with Crippen LogP contribution in [0.2, 0.25) is 0 Å². The first-order valence-corrected chi connectivity index (χ1v) is 16.5. The number of hydrogen-bond donors (Lipinski definition) is 1. The molecule has 2 amide bonds. The molecule has 1 aliphatic carbocycles. The lowest BCUT2D eigenvalue weighted by Crippen LogP contribution is -2.64. The maximum atomic E-state index is 13.4. The summed E-state index contributed by atoms with van der Waals surface area (Å²) in [6.07, 6.45) is 12.0. The molecule has 42 heavy (non-hydrogen) atoms. The van der Waals surface area contributed by atoms with E-state index in [2.05, 4.69) is 28.7 Å². The van der Waals surface area contributed by atoms with Gasteiger partial charge in [0.15, 0.2) is 0 Å². The van der Waals surface area contributed by atoms with Crippen LogP contribution < -0.4 is 0 Å². The molecule has 9 heteroatoms. The van der Waals surface area contributed by atoms with Crippen molar-refractivity contribution in [3.05, 3.63) is 23.3 Å². The Labute approximate surface area is 252 Å². The number of aromatic nitrogens is 2. The molecule has 4 aliphatic rings. The summed E-state index contributed by atoms with van der Waals surface area (Å²) < 4.78 is 6.45. The highest BCUT2D eigenvalue weighted by molar-refractivity contribution is 5.96. The number of carbonyl (C=O) groups excluding carboxylic acids is 2. The van der Waals surface area contributed by atoms with Gasteiger partial charge in [-0.1, -0.05) is 19.8 Å². The van der Waals surface area contributed by atoms with Gasteiger partial charge in [0.1, 0.15) is 11.9 Å². The number of amides is 2. The third kappa shape index (κ3) is 6.47. The Morgan fingerprint density at radius 2 is 1.62 bits per heavy atom. The normalized spacial score (nSPS) is 29.9. The van der Waals surface area contributed by atoms with Crippen LogP contribution >= 0.6 is 0 Å². The van der Waals surface area contributed by atoms with Crippen LogP contribution in [0.15, 0.2) is 6.33 Å². The molecule has 3 aliphatic heterocycles. The molecule has 5 rings (SSSR count). The summed E-state index contributed by atoms with van der Waals surface area (Å²) in [6, 6.07) is 0. The molecular formula is C33H53N5O4. The van der Waals surface area contributed by atoms with Gasteiger partial charge in [0.2, 0.25) is 0 Å². The molecule has 0 bridgehead atoms. The Morgan fingerprint density at radius 1 is 1.00 bits per heavy atom. The lowest BCUT2D eigenvalue weighted by molar-refractivity contribution is -0.135. The van der Waals surface area contributed by atoms with E-state index < -0.39 is 5.60 Å². The number of likely N-dealkylation sites (tertiary alicyclic amines) is 2. The molecule has 3 saturated heterocycles. The first kappa shape index (κ1) is 31.2. The highest BCUT2D eigenvalue weighted by Crippen LogP contribution is 2.44. The van der Waals surface area contributed by atoms with E-state index in [9.17, 15) is 14.7 Å². The summed E-state index contributed by atoms with van der Waals surface area (Å²) in [4.78, 5) is 41.8. The number of unbranched alkanes of at least 4 members (excludes halogenated alkanes) is 1. The fraction of sp³-hybridized carbons (Fsp3) is 0.818. The zero-order valence-electron chi connectivity index (χ0n) is 26.7. The average Bonchev–Trinajstić information content (AvgIpc) is 2.95. The number of hydrogen-bond acceptors (Lipinski definition) is 7. The summed E-state index contributed by atoms with van der Waals surface area (Å²) in [5.41, 5.74) is 1.23. The number of carbonyl (C=O) groups is 2. The third-order valence-electron chi connectivity index (χ3n) is 11.2. The van der Waals surface area contributed by atoms with Crippen molar-refractivity contribution in [2.24, 2.45) is 11.8 Å². The summed E-state index contributed by atoms with van der Waals surface area (Å²) >= 11 is 0. The molecule has 1 aromatic heterocycles. The van der Waals surface area contributed by atoms with Crippen molar-refractivity contribution in [2.75, 3.05) is 39.3 Å². The highest BCUT2D eigenvalue weighted by atomic mass is 16.6. The number of nitrogens with zero attached hydrogens (tertiary/aromatic N) is 5. The van der Waals surface area contributed by atoms with Gasteiger partial charge >= 0.3 is 6.09 Å². The van der Waals surface area contributed by atoms with E-state index in [1.807, 2.05) is 30.6 Å². The van der Waals surface area contributed by atoms with Crippen molar-refractivity contribution in [1.82, 2.24) is 24.7 Å². The van der Waals surface area contributed by atoms with Crippen molar-refractivity contribution in [3.8, 4) is 0 Å². The maximum Gasteiger partial charge on any atom is 0.410 e. The van der Waals surface area contributed by atoms with E-state index in [1.54, 1.807) is 0 Å². The minimum absolute atomic E-state index is 0.0292. The molecule has 9 nitrogen and oxygen atoms in total. The highest BCUT2D eigenvalue weighted by Gasteiger charge is 2.52. The molecule has 4 heterocycles. The Balaban J connectivity index is 1.19. The van der Waals surface area contributed by atoms with Crippen molar-refractivity contribution < 1.29 is 19.4 Å². The van der Waals surface area contributed by atoms with Crippen LogP contribution in [0.4, 0.5) is 4.79 Å². The van der Waals surface area contributed by atoms with Crippen molar-refractivity contribution in [1.29, 1.82) is 0 Å². The summed E-state index contributed by atoms with van der Waals surface area (Å²) in [6.45, 7) is 15.1. The first-order valence-electron chi connectivity index (χ1n) is 16.5. The fourth-order valence-electron chi connectivity index (χ4n) is 8.08. The Morgan fingerprint density at radius 3 is 2.21 bits per heavy atom. The molecule has 4 fully saturated rings.